The van der Waals surface area contributed by atoms with Gasteiger partial charge < -0.3 is 14.8 Å². The second-order valence-corrected chi connectivity index (χ2v) is 4.46. The summed E-state index contributed by atoms with van der Waals surface area (Å²) in [6.45, 7) is 0. The Morgan fingerprint density at radius 2 is 2.10 bits per heavy atom. The van der Waals surface area contributed by atoms with Gasteiger partial charge in [-0.1, -0.05) is 11.6 Å². The summed E-state index contributed by atoms with van der Waals surface area (Å²) < 4.78 is 11.7. The second-order valence-electron chi connectivity index (χ2n) is 4.02. The second kappa shape index (κ2) is 5.83. The quantitative estimate of drug-likeness (QED) is 0.940. The normalized spacial score (nSPS) is 10.2. The molecule has 1 aromatic carbocycles. The molecule has 1 N–H and O–H groups in total. The molecule has 0 radical (unpaired) electrons. The molecule has 2 aromatic rings. The van der Waals surface area contributed by atoms with E-state index in [1.54, 1.807) is 31.4 Å². The van der Waals surface area contributed by atoms with Gasteiger partial charge in [-0.2, -0.15) is 0 Å². The highest BCUT2D eigenvalue weighted by molar-refractivity contribution is 6.31. The zero-order chi connectivity index (χ0) is 14.7. The van der Waals surface area contributed by atoms with E-state index in [9.17, 15) is 4.79 Å². The van der Waals surface area contributed by atoms with Crippen molar-refractivity contribution in [3.63, 3.8) is 0 Å². The van der Waals surface area contributed by atoms with Crippen molar-refractivity contribution in [1.82, 2.24) is 9.78 Å². The first-order valence-corrected chi connectivity index (χ1v) is 6.15. The van der Waals surface area contributed by atoms with Crippen LogP contribution in [0.15, 0.2) is 24.4 Å². The molecular formula is C13H14ClN3O3. The van der Waals surface area contributed by atoms with Gasteiger partial charge in [-0.15, -0.1) is 5.10 Å². The summed E-state index contributed by atoms with van der Waals surface area (Å²) in [6.07, 6.45) is 1.57. The van der Waals surface area contributed by atoms with Crippen LogP contribution in [-0.4, -0.2) is 29.9 Å². The van der Waals surface area contributed by atoms with Crippen LogP contribution in [0.4, 0.5) is 5.69 Å². The highest BCUT2D eigenvalue weighted by atomic mass is 35.5. The highest BCUT2D eigenvalue weighted by Crippen LogP contribution is 2.28. The van der Waals surface area contributed by atoms with Crippen LogP contribution in [0.2, 0.25) is 5.02 Å². The van der Waals surface area contributed by atoms with Crippen LogP contribution in [0.3, 0.4) is 0 Å². The molecule has 20 heavy (non-hydrogen) atoms. The van der Waals surface area contributed by atoms with Crippen molar-refractivity contribution in [2.45, 2.75) is 0 Å². The number of anilines is 1. The number of ether oxygens (including phenoxy) is 2. The van der Waals surface area contributed by atoms with Crippen LogP contribution >= 0.6 is 11.6 Å². The number of hydrogen-bond donors (Lipinski definition) is 1. The summed E-state index contributed by atoms with van der Waals surface area (Å²) >= 11 is 5.92. The number of aromatic nitrogens is 2. The van der Waals surface area contributed by atoms with E-state index in [1.165, 1.54) is 18.9 Å². The van der Waals surface area contributed by atoms with E-state index < -0.39 is 0 Å². The van der Waals surface area contributed by atoms with E-state index in [-0.39, 0.29) is 11.8 Å². The minimum atomic E-state index is -0.351. The Kier molecular flexibility index (Phi) is 4.14. The number of methoxy groups -OCH3 is 2. The molecule has 2 rings (SSSR count). The van der Waals surface area contributed by atoms with Crippen molar-refractivity contribution in [3.8, 4) is 11.6 Å². The van der Waals surface area contributed by atoms with Crippen molar-refractivity contribution in [2.75, 3.05) is 19.5 Å². The fourth-order valence-corrected chi connectivity index (χ4v) is 1.91. The Balaban J connectivity index is 2.29. The summed E-state index contributed by atoms with van der Waals surface area (Å²) in [5.41, 5.74) is 0.813. The molecule has 0 bridgehead atoms. The fraction of sp³-hybridized carbons (Fsp3) is 0.231. The van der Waals surface area contributed by atoms with Gasteiger partial charge >= 0.3 is 0 Å². The molecule has 7 heteroatoms. The lowest BCUT2D eigenvalue weighted by molar-refractivity contribution is 0.102. The number of benzene rings is 1. The maximum absolute atomic E-state index is 12.2. The molecule has 0 unspecified atom stereocenters. The maximum atomic E-state index is 12.2. The van der Waals surface area contributed by atoms with Crippen molar-refractivity contribution in [3.05, 3.63) is 35.0 Å². The molecule has 0 fully saturated rings. The van der Waals surface area contributed by atoms with E-state index in [0.29, 0.717) is 22.0 Å². The molecule has 6 nitrogen and oxygen atoms in total. The molecule has 0 atom stereocenters. The minimum absolute atomic E-state index is 0.256. The molecule has 1 heterocycles. The number of carbonyl (C=O) groups is 1. The van der Waals surface area contributed by atoms with E-state index >= 15 is 0 Å². The lowest BCUT2D eigenvalue weighted by Crippen LogP contribution is -2.13. The monoisotopic (exact) mass is 295 g/mol. The summed E-state index contributed by atoms with van der Waals surface area (Å²) in [5, 5.41) is 7.25. The van der Waals surface area contributed by atoms with Gasteiger partial charge in [0.1, 0.15) is 11.3 Å². The van der Waals surface area contributed by atoms with Crippen LogP contribution in [-0.2, 0) is 7.05 Å². The van der Waals surface area contributed by atoms with Gasteiger partial charge in [-0.25, -0.2) is 0 Å². The van der Waals surface area contributed by atoms with Crippen LogP contribution in [0.1, 0.15) is 10.4 Å². The van der Waals surface area contributed by atoms with Gasteiger partial charge in [0.05, 0.1) is 19.9 Å². The first-order chi connectivity index (χ1) is 9.55. The molecule has 0 saturated carbocycles. The van der Waals surface area contributed by atoms with Crippen LogP contribution in [0.5, 0.6) is 11.6 Å². The average molecular weight is 296 g/mol. The number of carbonyl (C=O) groups excluding carboxylic acids is 1. The molecule has 0 aliphatic carbocycles. The SMILES string of the molecule is COc1ccc(Cl)cc1NC(=O)c1cn(C)nc1OC. The minimum Gasteiger partial charge on any atom is -0.495 e. The molecule has 1 amide bonds. The Morgan fingerprint density at radius 3 is 2.75 bits per heavy atom. The molecule has 106 valence electrons. The number of halogens is 1. The van der Waals surface area contributed by atoms with Gasteiger partial charge in [0.25, 0.3) is 5.91 Å². The number of amides is 1. The molecule has 0 aliphatic heterocycles. The third kappa shape index (κ3) is 2.85. The third-order valence-corrected chi connectivity index (χ3v) is 2.88. The van der Waals surface area contributed by atoms with Gasteiger partial charge in [0, 0.05) is 18.3 Å². The zero-order valence-electron chi connectivity index (χ0n) is 11.3. The van der Waals surface area contributed by atoms with Crippen molar-refractivity contribution in [1.29, 1.82) is 0 Å². The van der Waals surface area contributed by atoms with Gasteiger partial charge in [-0.3, -0.25) is 9.48 Å². The highest BCUT2D eigenvalue weighted by Gasteiger charge is 2.18. The van der Waals surface area contributed by atoms with Crippen LogP contribution in [0.25, 0.3) is 0 Å². The van der Waals surface area contributed by atoms with Crippen molar-refractivity contribution >= 4 is 23.2 Å². The van der Waals surface area contributed by atoms with E-state index in [1.807, 2.05) is 0 Å². The Labute approximate surface area is 121 Å². The summed E-state index contributed by atoms with van der Waals surface area (Å²) in [6, 6.07) is 4.97. The third-order valence-electron chi connectivity index (χ3n) is 2.64. The maximum Gasteiger partial charge on any atom is 0.262 e. The summed E-state index contributed by atoms with van der Waals surface area (Å²) in [4.78, 5) is 12.2. The van der Waals surface area contributed by atoms with Crippen LogP contribution < -0.4 is 14.8 Å². The number of rotatable bonds is 4. The molecular weight excluding hydrogens is 282 g/mol. The Morgan fingerprint density at radius 1 is 1.35 bits per heavy atom. The largest absolute Gasteiger partial charge is 0.495 e. The summed E-state index contributed by atoms with van der Waals surface area (Å²) in [5.74, 6) is 0.423. The van der Waals surface area contributed by atoms with E-state index in [4.69, 9.17) is 21.1 Å². The molecule has 0 saturated heterocycles. The van der Waals surface area contributed by atoms with Gasteiger partial charge in [0.2, 0.25) is 5.88 Å². The standard InChI is InChI=1S/C13H14ClN3O3/c1-17-7-9(13(16-17)20-3)12(18)15-10-6-8(14)4-5-11(10)19-2/h4-7H,1-3H3,(H,15,18). The lowest BCUT2D eigenvalue weighted by Gasteiger charge is -2.10. The predicted octanol–water partition coefficient (Wildman–Crippen LogP) is 2.34. The van der Waals surface area contributed by atoms with E-state index in [2.05, 4.69) is 10.4 Å². The summed E-state index contributed by atoms with van der Waals surface area (Å²) in [7, 11) is 4.68. The fourth-order valence-electron chi connectivity index (χ4n) is 1.74. The lowest BCUT2D eigenvalue weighted by atomic mass is 10.2. The average Bonchev–Trinajstić information content (AvgIpc) is 2.80. The predicted molar refractivity (Wildman–Crippen MR) is 75.7 cm³/mol. The topological polar surface area (TPSA) is 65.4 Å². The number of nitrogens with one attached hydrogen (secondary N) is 1. The van der Waals surface area contributed by atoms with E-state index in [0.717, 1.165) is 0 Å². The van der Waals surface area contributed by atoms with Crippen LogP contribution in [0, 0.1) is 0 Å². The molecule has 1 aromatic heterocycles. The van der Waals surface area contributed by atoms with Crippen molar-refractivity contribution < 1.29 is 14.3 Å². The first kappa shape index (κ1) is 14.2. The zero-order valence-corrected chi connectivity index (χ0v) is 12.1. The van der Waals surface area contributed by atoms with Gasteiger partial charge in [-0.05, 0) is 18.2 Å². The molecule has 0 spiro atoms. The van der Waals surface area contributed by atoms with Gasteiger partial charge in [0.15, 0.2) is 0 Å². The Bertz CT molecular complexity index is 640. The number of hydrogen-bond acceptors (Lipinski definition) is 4. The number of aryl methyl sites for hydroxylation is 1. The first-order valence-electron chi connectivity index (χ1n) is 5.77. The Hall–Kier alpha value is -2.21. The van der Waals surface area contributed by atoms with Crippen molar-refractivity contribution in [2.24, 2.45) is 7.05 Å². The molecule has 0 aliphatic rings. The number of nitrogens with zero attached hydrogens (tertiary/aromatic N) is 2. The smallest absolute Gasteiger partial charge is 0.262 e.